The lowest BCUT2D eigenvalue weighted by Crippen LogP contribution is -2.41. The molecule has 5 heteroatoms. The minimum Gasteiger partial charge on any atom is -0.375 e. The van der Waals surface area contributed by atoms with Gasteiger partial charge in [-0.1, -0.05) is 0 Å². The van der Waals surface area contributed by atoms with Gasteiger partial charge >= 0.3 is 0 Å². The van der Waals surface area contributed by atoms with E-state index in [-0.39, 0.29) is 0 Å². The van der Waals surface area contributed by atoms with Crippen molar-refractivity contribution in [3.63, 3.8) is 0 Å². The van der Waals surface area contributed by atoms with Crippen molar-refractivity contribution < 1.29 is 4.74 Å². The average Bonchev–Trinajstić information content (AvgIpc) is 2.45. The van der Waals surface area contributed by atoms with Crippen LogP contribution in [-0.4, -0.2) is 35.6 Å². The summed E-state index contributed by atoms with van der Waals surface area (Å²) in [4.78, 5) is 2.30. The maximum absolute atomic E-state index is 5.49. The molecule has 0 aliphatic carbocycles. The fourth-order valence-corrected chi connectivity index (χ4v) is 2.19. The van der Waals surface area contributed by atoms with Gasteiger partial charge in [-0.25, -0.2) is 0 Å². The topological polar surface area (TPSA) is 30.3 Å². The lowest BCUT2D eigenvalue weighted by Gasteiger charge is -2.32. The van der Waals surface area contributed by atoms with Gasteiger partial charge in [0.05, 0.1) is 12.7 Å². The summed E-state index contributed by atoms with van der Waals surface area (Å²) < 4.78 is 8.27. The third kappa shape index (κ3) is 1.93. The van der Waals surface area contributed by atoms with Crippen molar-refractivity contribution in [2.24, 2.45) is 7.05 Å². The summed E-state index contributed by atoms with van der Waals surface area (Å²) in [7, 11) is 1.96. The molecule has 0 spiro atoms. The SMILES string of the molecule is C[C@H]1CN(c2cc(Br)nn2C)CCO1. The van der Waals surface area contributed by atoms with Crippen LogP contribution in [0.1, 0.15) is 6.92 Å². The highest BCUT2D eigenvalue weighted by atomic mass is 79.9. The van der Waals surface area contributed by atoms with E-state index >= 15 is 0 Å². The number of anilines is 1. The minimum atomic E-state index is 0.303. The van der Waals surface area contributed by atoms with E-state index in [9.17, 15) is 0 Å². The molecule has 1 aromatic rings. The highest BCUT2D eigenvalue weighted by molar-refractivity contribution is 9.10. The molecule has 78 valence electrons. The van der Waals surface area contributed by atoms with Crippen molar-refractivity contribution in [3.05, 3.63) is 10.7 Å². The Labute approximate surface area is 92.0 Å². The van der Waals surface area contributed by atoms with Crippen LogP contribution in [-0.2, 0) is 11.8 Å². The number of nitrogens with zero attached hydrogens (tertiary/aromatic N) is 3. The number of aromatic nitrogens is 2. The first kappa shape index (κ1) is 9.98. The summed E-state index contributed by atoms with van der Waals surface area (Å²) in [6.07, 6.45) is 0.303. The Morgan fingerprint density at radius 1 is 1.64 bits per heavy atom. The molecular formula is C9H14BrN3O. The smallest absolute Gasteiger partial charge is 0.130 e. The molecule has 0 radical (unpaired) electrons. The zero-order valence-corrected chi connectivity index (χ0v) is 9.99. The second-order valence-corrected chi connectivity index (χ2v) is 4.39. The van der Waals surface area contributed by atoms with Crippen LogP contribution in [0.15, 0.2) is 10.7 Å². The molecule has 0 saturated carbocycles. The Balaban J connectivity index is 2.17. The van der Waals surface area contributed by atoms with Crippen molar-refractivity contribution >= 4 is 21.7 Å². The lowest BCUT2D eigenvalue weighted by atomic mass is 10.3. The molecule has 1 aliphatic rings. The van der Waals surface area contributed by atoms with Crippen LogP contribution in [0.3, 0.4) is 0 Å². The summed E-state index contributed by atoms with van der Waals surface area (Å²) in [6, 6.07) is 2.04. The number of ether oxygens (including phenoxy) is 1. The molecule has 2 rings (SSSR count). The summed E-state index contributed by atoms with van der Waals surface area (Å²) >= 11 is 3.37. The first-order chi connectivity index (χ1) is 6.66. The molecule has 1 atom stereocenters. The molecule has 0 amide bonds. The third-order valence-electron chi connectivity index (χ3n) is 2.39. The fourth-order valence-electron chi connectivity index (χ4n) is 1.75. The van der Waals surface area contributed by atoms with Gasteiger partial charge in [-0.05, 0) is 22.9 Å². The van der Waals surface area contributed by atoms with Gasteiger partial charge in [0.25, 0.3) is 0 Å². The Hall–Kier alpha value is -0.550. The first-order valence-corrected chi connectivity index (χ1v) is 5.52. The molecule has 1 aliphatic heterocycles. The highest BCUT2D eigenvalue weighted by Crippen LogP contribution is 2.20. The Bertz CT molecular complexity index is 326. The summed E-state index contributed by atoms with van der Waals surface area (Å²) in [6.45, 7) is 4.77. The van der Waals surface area contributed by atoms with Crippen molar-refractivity contribution in [2.75, 3.05) is 24.6 Å². The molecule has 0 aromatic carbocycles. The monoisotopic (exact) mass is 259 g/mol. The summed E-state index contributed by atoms with van der Waals surface area (Å²) in [5.74, 6) is 1.15. The molecule has 1 saturated heterocycles. The summed E-state index contributed by atoms with van der Waals surface area (Å²) in [5.41, 5.74) is 0. The van der Waals surface area contributed by atoms with Gasteiger partial charge in [0.2, 0.25) is 0 Å². The van der Waals surface area contributed by atoms with E-state index < -0.39 is 0 Å². The Morgan fingerprint density at radius 3 is 3.00 bits per heavy atom. The first-order valence-electron chi connectivity index (χ1n) is 4.73. The molecule has 1 fully saturated rings. The van der Waals surface area contributed by atoms with E-state index in [1.165, 1.54) is 0 Å². The molecular weight excluding hydrogens is 246 g/mol. The van der Waals surface area contributed by atoms with Gasteiger partial charge in [0.1, 0.15) is 10.4 Å². The molecule has 2 heterocycles. The molecule has 0 unspecified atom stereocenters. The zero-order valence-electron chi connectivity index (χ0n) is 8.40. The van der Waals surface area contributed by atoms with E-state index in [0.717, 1.165) is 30.1 Å². The van der Waals surface area contributed by atoms with Gasteiger partial charge in [0, 0.05) is 26.2 Å². The van der Waals surface area contributed by atoms with Crippen LogP contribution in [0.4, 0.5) is 5.82 Å². The standard InChI is InChI=1S/C9H14BrN3O/c1-7-6-13(3-4-14-7)9-5-8(10)11-12(9)2/h5,7H,3-4,6H2,1-2H3/t7-/m0/s1. The summed E-state index contributed by atoms with van der Waals surface area (Å²) in [5, 5.41) is 4.26. The number of morpholine rings is 1. The van der Waals surface area contributed by atoms with E-state index in [0.29, 0.717) is 6.10 Å². The number of hydrogen-bond acceptors (Lipinski definition) is 3. The number of rotatable bonds is 1. The second-order valence-electron chi connectivity index (χ2n) is 3.58. The van der Waals surface area contributed by atoms with Gasteiger partial charge < -0.3 is 9.64 Å². The van der Waals surface area contributed by atoms with E-state index in [2.05, 4.69) is 32.9 Å². The number of aryl methyl sites for hydroxylation is 1. The third-order valence-corrected chi connectivity index (χ3v) is 2.78. The van der Waals surface area contributed by atoms with Crippen molar-refractivity contribution in [1.29, 1.82) is 0 Å². The van der Waals surface area contributed by atoms with Crippen LogP contribution in [0.25, 0.3) is 0 Å². The van der Waals surface area contributed by atoms with E-state index in [1.807, 2.05) is 17.8 Å². The highest BCUT2D eigenvalue weighted by Gasteiger charge is 2.19. The van der Waals surface area contributed by atoms with Gasteiger partial charge in [-0.2, -0.15) is 5.10 Å². The van der Waals surface area contributed by atoms with Gasteiger partial charge in [-0.15, -0.1) is 0 Å². The van der Waals surface area contributed by atoms with Crippen molar-refractivity contribution in [1.82, 2.24) is 9.78 Å². The maximum Gasteiger partial charge on any atom is 0.130 e. The molecule has 14 heavy (non-hydrogen) atoms. The van der Waals surface area contributed by atoms with Gasteiger partial charge in [0.15, 0.2) is 0 Å². The predicted octanol–water partition coefficient (Wildman–Crippen LogP) is 1.41. The van der Waals surface area contributed by atoms with Gasteiger partial charge in [-0.3, -0.25) is 4.68 Å². The number of halogens is 1. The van der Waals surface area contributed by atoms with Crippen LogP contribution < -0.4 is 4.90 Å². The molecule has 0 N–H and O–H groups in total. The van der Waals surface area contributed by atoms with Crippen molar-refractivity contribution in [3.8, 4) is 0 Å². The van der Waals surface area contributed by atoms with Crippen LogP contribution >= 0.6 is 15.9 Å². The van der Waals surface area contributed by atoms with E-state index in [4.69, 9.17) is 4.74 Å². The van der Waals surface area contributed by atoms with Crippen molar-refractivity contribution in [2.45, 2.75) is 13.0 Å². The second kappa shape index (κ2) is 3.90. The normalized spacial score (nSPS) is 22.8. The largest absolute Gasteiger partial charge is 0.375 e. The Morgan fingerprint density at radius 2 is 2.43 bits per heavy atom. The average molecular weight is 260 g/mol. The molecule has 0 bridgehead atoms. The number of hydrogen-bond donors (Lipinski definition) is 0. The quantitative estimate of drug-likeness (QED) is 0.764. The maximum atomic E-state index is 5.49. The zero-order chi connectivity index (χ0) is 10.1. The fraction of sp³-hybridized carbons (Fsp3) is 0.667. The Kier molecular flexibility index (Phi) is 2.78. The lowest BCUT2D eigenvalue weighted by molar-refractivity contribution is 0.0527. The van der Waals surface area contributed by atoms with Crippen LogP contribution in [0, 0.1) is 0 Å². The molecule has 4 nitrogen and oxygen atoms in total. The molecule has 1 aromatic heterocycles. The minimum absolute atomic E-state index is 0.303. The van der Waals surface area contributed by atoms with Crippen LogP contribution in [0.2, 0.25) is 0 Å². The predicted molar refractivity (Wildman–Crippen MR) is 58.5 cm³/mol. The van der Waals surface area contributed by atoms with Crippen LogP contribution in [0.5, 0.6) is 0 Å². The van der Waals surface area contributed by atoms with E-state index in [1.54, 1.807) is 0 Å².